The lowest BCUT2D eigenvalue weighted by atomic mass is 9.81. The second-order valence-corrected chi connectivity index (χ2v) is 14.3. The normalized spacial score (nSPS) is 12.8. The minimum absolute atomic E-state index is 0.0642. The van der Waals surface area contributed by atoms with Gasteiger partial charge >= 0.3 is 0 Å². The summed E-state index contributed by atoms with van der Waals surface area (Å²) < 4.78 is 0. The standard InChI is InChI=1S/C50H39N/c1-34-13-12-18-40-31-41(39-25-30-45-44-19-10-11-20-46(44)50(2,3)47(45)32-39)33-48(49(34)40)51(42-26-21-37(22-27-42)35-14-6-4-7-15-35)43-28-23-38(24-29-43)36-16-8-5-9-17-36/h4-33H,1-3H3. The van der Waals surface area contributed by atoms with Gasteiger partial charge in [-0.05, 0) is 116 Å². The van der Waals surface area contributed by atoms with Crippen LogP contribution in [0.3, 0.4) is 0 Å². The average molecular weight is 654 g/mol. The van der Waals surface area contributed by atoms with Gasteiger partial charge in [0.15, 0.2) is 0 Å². The molecule has 0 aromatic heterocycles. The molecule has 0 fully saturated rings. The predicted molar refractivity (Wildman–Crippen MR) is 217 cm³/mol. The van der Waals surface area contributed by atoms with Crippen molar-refractivity contribution in [2.75, 3.05) is 4.90 Å². The van der Waals surface area contributed by atoms with Crippen molar-refractivity contribution in [3.63, 3.8) is 0 Å². The fourth-order valence-electron chi connectivity index (χ4n) is 8.11. The van der Waals surface area contributed by atoms with Crippen molar-refractivity contribution in [3.05, 3.63) is 199 Å². The highest BCUT2D eigenvalue weighted by Crippen LogP contribution is 2.50. The molecule has 8 aromatic rings. The van der Waals surface area contributed by atoms with Gasteiger partial charge in [-0.2, -0.15) is 0 Å². The topological polar surface area (TPSA) is 3.24 Å². The van der Waals surface area contributed by atoms with E-state index in [1.807, 2.05) is 0 Å². The summed E-state index contributed by atoms with van der Waals surface area (Å²) in [5, 5.41) is 2.49. The molecular weight excluding hydrogens is 615 g/mol. The highest BCUT2D eigenvalue weighted by atomic mass is 15.1. The molecular formula is C50H39N. The molecule has 0 unspecified atom stereocenters. The van der Waals surface area contributed by atoms with E-state index in [-0.39, 0.29) is 5.41 Å². The van der Waals surface area contributed by atoms with Crippen molar-refractivity contribution in [1.29, 1.82) is 0 Å². The summed E-state index contributed by atoms with van der Waals surface area (Å²) >= 11 is 0. The van der Waals surface area contributed by atoms with Gasteiger partial charge in [-0.15, -0.1) is 0 Å². The van der Waals surface area contributed by atoms with Crippen LogP contribution in [0.5, 0.6) is 0 Å². The molecule has 1 nitrogen and oxygen atoms in total. The summed E-state index contributed by atoms with van der Waals surface area (Å²) in [7, 11) is 0. The summed E-state index contributed by atoms with van der Waals surface area (Å²) in [5.41, 5.74) is 17.4. The summed E-state index contributed by atoms with van der Waals surface area (Å²) in [6, 6.07) is 66.7. The fourth-order valence-corrected chi connectivity index (χ4v) is 8.11. The number of fused-ring (bicyclic) bond motifs is 4. The summed E-state index contributed by atoms with van der Waals surface area (Å²) in [5.74, 6) is 0. The first-order valence-corrected chi connectivity index (χ1v) is 17.8. The van der Waals surface area contributed by atoms with Crippen molar-refractivity contribution in [1.82, 2.24) is 0 Å². The SMILES string of the molecule is Cc1cccc2cc(-c3ccc4c(c3)C(C)(C)c3ccccc3-4)cc(N(c3ccc(-c4ccccc4)cc3)c3ccc(-c4ccccc4)cc3)c12. The van der Waals surface area contributed by atoms with Gasteiger partial charge in [-0.25, -0.2) is 0 Å². The Balaban J connectivity index is 1.23. The third-order valence-corrected chi connectivity index (χ3v) is 10.8. The van der Waals surface area contributed by atoms with E-state index in [0.717, 1.165) is 11.4 Å². The quantitative estimate of drug-likeness (QED) is 0.173. The van der Waals surface area contributed by atoms with Gasteiger partial charge < -0.3 is 4.90 Å². The number of anilines is 3. The molecule has 0 saturated heterocycles. The third kappa shape index (κ3) is 5.34. The maximum atomic E-state index is 2.44. The third-order valence-electron chi connectivity index (χ3n) is 10.8. The number of rotatable bonds is 6. The van der Waals surface area contributed by atoms with E-state index < -0.39 is 0 Å². The van der Waals surface area contributed by atoms with Crippen molar-refractivity contribution >= 4 is 27.8 Å². The largest absolute Gasteiger partial charge is 0.310 e. The van der Waals surface area contributed by atoms with Crippen LogP contribution >= 0.6 is 0 Å². The van der Waals surface area contributed by atoms with Crippen LogP contribution in [0.1, 0.15) is 30.5 Å². The Morgan fingerprint density at radius 2 is 0.922 bits per heavy atom. The molecule has 8 aromatic carbocycles. The van der Waals surface area contributed by atoms with Crippen LogP contribution in [0.4, 0.5) is 17.1 Å². The Hall–Kier alpha value is -6.18. The lowest BCUT2D eigenvalue weighted by Gasteiger charge is -2.29. The molecule has 0 aliphatic heterocycles. The number of aryl methyl sites for hydroxylation is 1. The van der Waals surface area contributed by atoms with Gasteiger partial charge in [0.05, 0.1) is 5.69 Å². The van der Waals surface area contributed by atoms with Gasteiger partial charge in [0, 0.05) is 22.2 Å². The molecule has 0 bridgehead atoms. The zero-order valence-electron chi connectivity index (χ0n) is 29.3. The number of hydrogen-bond donors (Lipinski definition) is 0. The molecule has 0 radical (unpaired) electrons. The van der Waals surface area contributed by atoms with E-state index in [9.17, 15) is 0 Å². The Morgan fingerprint density at radius 3 is 1.55 bits per heavy atom. The minimum atomic E-state index is -0.0642. The lowest BCUT2D eigenvalue weighted by Crippen LogP contribution is -2.15. The van der Waals surface area contributed by atoms with Crippen LogP contribution in [0.25, 0.3) is 55.3 Å². The average Bonchev–Trinajstić information content (AvgIpc) is 3.41. The fraction of sp³-hybridized carbons (Fsp3) is 0.0800. The van der Waals surface area contributed by atoms with Crippen LogP contribution in [0.2, 0.25) is 0 Å². The van der Waals surface area contributed by atoms with E-state index in [2.05, 4.69) is 208 Å². The molecule has 51 heavy (non-hydrogen) atoms. The lowest BCUT2D eigenvalue weighted by molar-refractivity contribution is 0.660. The maximum Gasteiger partial charge on any atom is 0.0548 e. The minimum Gasteiger partial charge on any atom is -0.310 e. The Kier molecular flexibility index (Phi) is 7.44. The summed E-state index contributed by atoms with van der Waals surface area (Å²) in [4.78, 5) is 2.44. The highest BCUT2D eigenvalue weighted by Gasteiger charge is 2.35. The molecule has 0 N–H and O–H groups in total. The second kappa shape index (κ2) is 12.3. The molecule has 1 aliphatic rings. The van der Waals surface area contributed by atoms with Crippen molar-refractivity contribution in [2.45, 2.75) is 26.2 Å². The molecule has 0 amide bonds. The number of benzene rings is 8. The molecule has 1 aliphatic carbocycles. The summed E-state index contributed by atoms with van der Waals surface area (Å²) in [6.45, 7) is 6.95. The number of nitrogens with zero attached hydrogens (tertiary/aromatic N) is 1. The van der Waals surface area contributed by atoms with Crippen LogP contribution in [0.15, 0.2) is 182 Å². The Bertz CT molecular complexity index is 2440. The molecule has 244 valence electrons. The molecule has 0 saturated carbocycles. The van der Waals surface area contributed by atoms with Crippen molar-refractivity contribution < 1.29 is 0 Å². The predicted octanol–water partition coefficient (Wildman–Crippen LogP) is 13.9. The Morgan fingerprint density at radius 1 is 0.392 bits per heavy atom. The molecule has 0 atom stereocenters. The smallest absolute Gasteiger partial charge is 0.0548 e. The first kappa shape index (κ1) is 30.8. The monoisotopic (exact) mass is 653 g/mol. The highest BCUT2D eigenvalue weighted by molar-refractivity contribution is 6.04. The van der Waals surface area contributed by atoms with Crippen LogP contribution < -0.4 is 4.90 Å². The zero-order chi connectivity index (χ0) is 34.5. The second-order valence-electron chi connectivity index (χ2n) is 14.3. The van der Waals surface area contributed by atoms with Gasteiger partial charge in [-0.3, -0.25) is 0 Å². The van der Waals surface area contributed by atoms with E-state index in [1.54, 1.807) is 0 Å². The van der Waals surface area contributed by atoms with E-state index in [0.29, 0.717) is 0 Å². The summed E-state index contributed by atoms with van der Waals surface area (Å²) in [6.07, 6.45) is 0. The van der Waals surface area contributed by atoms with Crippen molar-refractivity contribution in [2.24, 2.45) is 0 Å². The van der Waals surface area contributed by atoms with E-state index in [4.69, 9.17) is 0 Å². The first-order valence-electron chi connectivity index (χ1n) is 17.8. The van der Waals surface area contributed by atoms with E-state index >= 15 is 0 Å². The van der Waals surface area contributed by atoms with Crippen LogP contribution in [-0.4, -0.2) is 0 Å². The van der Waals surface area contributed by atoms with Gasteiger partial charge in [0.25, 0.3) is 0 Å². The first-order chi connectivity index (χ1) is 25.0. The maximum absolute atomic E-state index is 2.44. The Labute approximate surface area is 301 Å². The van der Waals surface area contributed by atoms with Crippen LogP contribution in [-0.2, 0) is 5.41 Å². The van der Waals surface area contributed by atoms with Crippen molar-refractivity contribution in [3.8, 4) is 44.5 Å². The van der Waals surface area contributed by atoms with E-state index in [1.165, 1.54) is 77.7 Å². The molecule has 0 spiro atoms. The molecule has 1 heteroatoms. The van der Waals surface area contributed by atoms with Gasteiger partial charge in [-0.1, -0.05) is 153 Å². The number of hydrogen-bond acceptors (Lipinski definition) is 1. The molecule has 9 rings (SSSR count). The van der Waals surface area contributed by atoms with Gasteiger partial charge in [0.2, 0.25) is 0 Å². The van der Waals surface area contributed by atoms with Crippen LogP contribution in [0, 0.1) is 6.92 Å². The zero-order valence-corrected chi connectivity index (χ0v) is 29.3. The molecule has 0 heterocycles. The van der Waals surface area contributed by atoms with Gasteiger partial charge in [0.1, 0.15) is 0 Å².